The molecule has 1 N–H and O–H groups in total. The number of benzene rings is 1. The van der Waals surface area contributed by atoms with Gasteiger partial charge in [0.15, 0.2) is 0 Å². The Labute approximate surface area is 128 Å². The molecule has 1 unspecified atom stereocenters. The second-order valence-corrected chi connectivity index (χ2v) is 5.44. The molecule has 3 nitrogen and oxygen atoms in total. The number of aliphatic hydroxyl groups excluding tert-OH is 1. The molecule has 0 aliphatic heterocycles. The van der Waals surface area contributed by atoms with E-state index in [2.05, 4.69) is 25.7 Å². The van der Waals surface area contributed by atoms with Crippen molar-refractivity contribution in [3.05, 3.63) is 35.4 Å². The molecule has 1 aromatic carbocycles. The Morgan fingerprint density at radius 1 is 1.33 bits per heavy atom. The van der Waals surface area contributed by atoms with E-state index in [0.717, 1.165) is 17.5 Å². The predicted molar refractivity (Wildman–Crippen MR) is 85.6 cm³/mol. The molecule has 0 saturated heterocycles. The molecule has 1 atom stereocenters. The molecule has 0 fully saturated rings. The number of carbonyl (C=O) groups excluding carboxylic acids is 1. The summed E-state index contributed by atoms with van der Waals surface area (Å²) in [6, 6.07) is 7.89. The molecule has 21 heavy (non-hydrogen) atoms. The van der Waals surface area contributed by atoms with Gasteiger partial charge in [-0.2, -0.15) is 0 Å². The number of nitrogens with zero attached hydrogens (tertiary/aromatic N) is 1. The van der Waals surface area contributed by atoms with E-state index >= 15 is 0 Å². The van der Waals surface area contributed by atoms with Crippen molar-refractivity contribution in [3.8, 4) is 11.8 Å². The maximum atomic E-state index is 12.0. The molecule has 1 rings (SSSR count). The van der Waals surface area contributed by atoms with Gasteiger partial charge in [0.1, 0.15) is 0 Å². The van der Waals surface area contributed by atoms with Gasteiger partial charge in [-0.15, -0.1) is 0 Å². The zero-order valence-electron chi connectivity index (χ0n) is 13.2. The van der Waals surface area contributed by atoms with Gasteiger partial charge in [0.2, 0.25) is 5.91 Å². The van der Waals surface area contributed by atoms with E-state index in [0.29, 0.717) is 25.3 Å². The zero-order chi connectivity index (χ0) is 15.7. The van der Waals surface area contributed by atoms with Crippen LogP contribution in [0.5, 0.6) is 0 Å². The second kappa shape index (κ2) is 9.20. The average Bonchev–Trinajstić information content (AvgIpc) is 2.49. The highest BCUT2D eigenvalue weighted by atomic mass is 16.2. The summed E-state index contributed by atoms with van der Waals surface area (Å²) in [5.41, 5.74) is 2.03. The van der Waals surface area contributed by atoms with Gasteiger partial charge in [-0.25, -0.2) is 0 Å². The molecule has 0 saturated carbocycles. The van der Waals surface area contributed by atoms with Crippen molar-refractivity contribution in [1.82, 2.24) is 4.90 Å². The van der Waals surface area contributed by atoms with Crippen LogP contribution in [0.25, 0.3) is 0 Å². The Morgan fingerprint density at radius 2 is 2.00 bits per heavy atom. The minimum atomic E-state index is 0.0914. The normalized spacial score (nSPS) is 11.4. The number of aliphatic hydroxyl groups is 1. The lowest BCUT2D eigenvalue weighted by atomic mass is 10.0. The summed E-state index contributed by atoms with van der Waals surface area (Å²) in [4.78, 5) is 13.8. The zero-order valence-corrected chi connectivity index (χ0v) is 13.2. The van der Waals surface area contributed by atoms with Crippen LogP contribution in [0.4, 0.5) is 0 Å². The van der Waals surface area contributed by atoms with Crippen LogP contribution in [0.1, 0.15) is 44.2 Å². The molecule has 0 bridgehead atoms. The lowest BCUT2D eigenvalue weighted by Crippen LogP contribution is -2.27. The van der Waals surface area contributed by atoms with Gasteiger partial charge in [0.05, 0.1) is 6.61 Å². The highest BCUT2D eigenvalue weighted by Gasteiger charge is 2.12. The van der Waals surface area contributed by atoms with Crippen LogP contribution in [0.2, 0.25) is 0 Å². The molecule has 3 heteroatoms. The summed E-state index contributed by atoms with van der Waals surface area (Å²) in [7, 11) is 1.85. The first kappa shape index (κ1) is 17.3. The monoisotopic (exact) mass is 287 g/mol. The highest BCUT2D eigenvalue weighted by Crippen LogP contribution is 2.11. The average molecular weight is 287 g/mol. The van der Waals surface area contributed by atoms with Crippen molar-refractivity contribution in [3.63, 3.8) is 0 Å². The van der Waals surface area contributed by atoms with Crippen molar-refractivity contribution in [2.75, 3.05) is 13.7 Å². The summed E-state index contributed by atoms with van der Waals surface area (Å²) in [5, 5.41) is 8.68. The molecule has 1 aromatic rings. The first-order valence-corrected chi connectivity index (χ1v) is 7.49. The predicted octanol–water partition coefficient (Wildman–Crippen LogP) is 2.82. The lowest BCUT2D eigenvalue weighted by molar-refractivity contribution is -0.131. The van der Waals surface area contributed by atoms with Gasteiger partial charge in [0, 0.05) is 32.0 Å². The Bertz CT molecular complexity index is 496. The number of hydrogen-bond donors (Lipinski definition) is 1. The largest absolute Gasteiger partial charge is 0.395 e. The third-order valence-corrected chi connectivity index (χ3v) is 3.49. The number of amides is 1. The molecule has 0 radical (unpaired) electrons. The summed E-state index contributed by atoms with van der Waals surface area (Å²) in [6.45, 7) is 4.92. The standard InChI is InChI=1S/C18H25NO2/c1-4-15(2)13-18(21)19(3)14-17-10-8-16(9-11-17)7-5-6-12-20/h8-11,15,20H,4,6,12-14H2,1-3H3. The van der Waals surface area contributed by atoms with E-state index in [9.17, 15) is 4.79 Å². The maximum absolute atomic E-state index is 12.0. The van der Waals surface area contributed by atoms with Gasteiger partial charge >= 0.3 is 0 Å². The van der Waals surface area contributed by atoms with E-state index in [1.54, 1.807) is 4.90 Å². The molecule has 1 amide bonds. The summed E-state index contributed by atoms with van der Waals surface area (Å²) in [6.07, 6.45) is 2.13. The van der Waals surface area contributed by atoms with Crippen LogP contribution in [0.3, 0.4) is 0 Å². The molecule has 0 aliphatic carbocycles. The second-order valence-electron chi connectivity index (χ2n) is 5.44. The van der Waals surface area contributed by atoms with Crippen LogP contribution < -0.4 is 0 Å². The van der Waals surface area contributed by atoms with Crippen LogP contribution in [0.15, 0.2) is 24.3 Å². The molecular formula is C18H25NO2. The van der Waals surface area contributed by atoms with Crippen LogP contribution in [0, 0.1) is 17.8 Å². The van der Waals surface area contributed by atoms with Crippen LogP contribution in [-0.4, -0.2) is 29.6 Å². The molecule has 0 heterocycles. The molecular weight excluding hydrogens is 262 g/mol. The first-order chi connectivity index (χ1) is 10.1. The fourth-order valence-electron chi connectivity index (χ4n) is 1.87. The fraction of sp³-hybridized carbons (Fsp3) is 0.500. The Balaban J connectivity index is 2.55. The summed E-state index contributed by atoms with van der Waals surface area (Å²) < 4.78 is 0. The topological polar surface area (TPSA) is 40.5 Å². The minimum Gasteiger partial charge on any atom is -0.395 e. The Morgan fingerprint density at radius 3 is 2.57 bits per heavy atom. The first-order valence-electron chi connectivity index (χ1n) is 7.49. The minimum absolute atomic E-state index is 0.0914. The van der Waals surface area contributed by atoms with Gasteiger partial charge in [-0.1, -0.05) is 44.2 Å². The molecule has 114 valence electrons. The van der Waals surface area contributed by atoms with Crippen molar-refractivity contribution in [1.29, 1.82) is 0 Å². The van der Waals surface area contributed by atoms with Crippen molar-refractivity contribution >= 4 is 5.91 Å². The Hall–Kier alpha value is -1.79. The van der Waals surface area contributed by atoms with E-state index in [1.807, 2.05) is 31.3 Å². The van der Waals surface area contributed by atoms with Gasteiger partial charge in [-0.05, 0) is 23.6 Å². The Kier molecular flexibility index (Phi) is 7.56. The number of hydrogen-bond acceptors (Lipinski definition) is 2. The third kappa shape index (κ3) is 6.46. The maximum Gasteiger partial charge on any atom is 0.222 e. The number of rotatable bonds is 6. The number of carbonyl (C=O) groups is 1. The van der Waals surface area contributed by atoms with Crippen molar-refractivity contribution in [2.24, 2.45) is 5.92 Å². The SMILES string of the molecule is CCC(C)CC(=O)N(C)Cc1ccc(C#CCCO)cc1. The van der Waals surface area contributed by atoms with Gasteiger partial charge in [0.25, 0.3) is 0 Å². The fourth-order valence-corrected chi connectivity index (χ4v) is 1.87. The van der Waals surface area contributed by atoms with E-state index in [1.165, 1.54) is 0 Å². The van der Waals surface area contributed by atoms with Crippen molar-refractivity contribution < 1.29 is 9.90 Å². The van der Waals surface area contributed by atoms with Gasteiger partial charge in [-0.3, -0.25) is 4.79 Å². The van der Waals surface area contributed by atoms with E-state index in [-0.39, 0.29) is 12.5 Å². The van der Waals surface area contributed by atoms with Crippen LogP contribution in [-0.2, 0) is 11.3 Å². The van der Waals surface area contributed by atoms with E-state index < -0.39 is 0 Å². The summed E-state index contributed by atoms with van der Waals surface area (Å²) in [5.74, 6) is 6.51. The molecule has 0 aromatic heterocycles. The molecule has 0 aliphatic rings. The third-order valence-electron chi connectivity index (χ3n) is 3.49. The van der Waals surface area contributed by atoms with E-state index in [4.69, 9.17) is 5.11 Å². The lowest BCUT2D eigenvalue weighted by Gasteiger charge is -2.19. The summed E-state index contributed by atoms with van der Waals surface area (Å²) >= 11 is 0. The smallest absolute Gasteiger partial charge is 0.222 e. The van der Waals surface area contributed by atoms with Crippen LogP contribution >= 0.6 is 0 Å². The van der Waals surface area contributed by atoms with Crippen molar-refractivity contribution in [2.45, 2.75) is 39.7 Å². The quantitative estimate of drug-likeness (QED) is 0.817. The molecule has 0 spiro atoms. The highest BCUT2D eigenvalue weighted by molar-refractivity contribution is 5.76. The van der Waals surface area contributed by atoms with Gasteiger partial charge < -0.3 is 10.0 Å².